The van der Waals surface area contributed by atoms with Crippen molar-refractivity contribution in [3.63, 3.8) is 0 Å². The monoisotopic (exact) mass is 810 g/mol. The number of nitrogens with one attached hydrogen (secondary N) is 4. The number of fused-ring (bicyclic) bond motifs is 2. The predicted octanol–water partition coefficient (Wildman–Crippen LogP) is 4.57. The number of aromatic amines is 1. The summed E-state index contributed by atoms with van der Waals surface area (Å²) in [5.74, 6) is 3.77. The molecule has 1 aromatic heterocycles. The van der Waals surface area contributed by atoms with Crippen molar-refractivity contribution >= 4 is 47.0 Å². The number of Topliss-reactive ketones (excluding diaryl/α,β-unsaturated/α-hetero) is 2. The molecule has 6 amide bonds. The van der Waals surface area contributed by atoms with Gasteiger partial charge in [-0.3, -0.25) is 38.8 Å². The second-order valence-electron chi connectivity index (χ2n) is 15.9. The van der Waals surface area contributed by atoms with Crippen molar-refractivity contribution in [3.05, 3.63) is 117 Å². The van der Waals surface area contributed by atoms with Crippen LogP contribution in [0, 0.1) is 11.8 Å². The molecule has 1 saturated carbocycles. The third-order valence-corrected chi connectivity index (χ3v) is 11.1. The lowest BCUT2D eigenvalue weighted by Crippen LogP contribution is -2.48. The summed E-state index contributed by atoms with van der Waals surface area (Å²) in [5.41, 5.74) is 3.09. The number of anilines is 1. The Morgan fingerprint density at radius 3 is 2.35 bits per heavy atom. The number of urea groups is 1. The van der Waals surface area contributed by atoms with Crippen LogP contribution in [0.1, 0.15) is 116 Å². The van der Waals surface area contributed by atoms with Gasteiger partial charge >= 0.3 is 6.03 Å². The van der Waals surface area contributed by atoms with E-state index in [2.05, 4.69) is 38.0 Å². The van der Waals surface area contributed by atoms with Crippen LogP contribution in [0.2, 0.25) is 0 Å². The highest BCUT2D eigenvalue weighted by Gasteiger charge is 2.46. The van der Waals surface area contributed by atoms with Crippen LogP contribution < -0.4 is 16.0 Å². The minimum absolute atomic E-state index is 0.124. The fourth-order valence-corrected chi connectivity index (χ4v) is 7.87. The number of H-pyrrole nitrogens is 1. The smallest absolute Gasteiger partial charge is 0.319 e. The van der Waals surface area contributed by atoms with Gasteiger partial charge in [0.2, 0.25) is 0 Å². The normalized spacial score (nSPS) is 17.2. The van der Waals surface area contributed by atoms with Crippen molar-refractivity contribution in [1.82, 2.24) is 35.5 Å². The number of benzene rings is 3. The topological polar surface area (TPSA) is 194 Å². The van der Waals surface area contributed by atoms with Crippen LogP contribution in [0.4, 0.5) is 10.6 Å². The number of nitrogens with zero attached hydrogens (tertiary/aromatic N) is 4. The van der Waals surface area contributed by atoms with E-state index in [0.717, 1.165) is 16.2 Å². The molecule has 2 aliphatic heterocycles. The molecule has 3 heterocycles. The first-order valence-corrected chi connectivity index (χ1v) is 19.8. The number of aromatic nitrogens is 2. The molecule has 3 aromatic carbocycles. The van der Waals surface area contributed by atoms with E-state index in [9.17, 15) is 33.6 Å². The summed E-state index contributed by atoms with van der Waals surface area (Å²) in [7, 11) is 3.91. The molecule has 0 spiro atoms. The van der Waals surface area contributed by atoms with Crippen LogP contribution >= 0.6 is 0 Å². The Hall–Kier alpha value is -6.92. The highest BCUT2D eigenvalue weighted by molar-refractivity contribution is 6.24. The summed E-state index contributed by atoms with van der Waals surface area (Å²) < 4.78 is 0. The van der Waals surface area contributed by atoms with Crippen LogP contribution in [0.15, 0.2) is 72.8 Å². The zero-order valence-corrected chi connectivity index (χ0v) is 33.9. The average Bonchev–Trinajstić information content (AvgIpc) is 3.84. The van der Waals surface area contributed by atoms with Gasteiger partial charge in [0.1, 0.15) is 5.78 Å². The number of ketones is 2. The Labute approximate surface area is 347 Å². The molecule has 15 nitrogen and oxygen atoms in total. The molecule has 4 N–H and O–H groups in total. The molecule has 7 rings (SSSR count). The maximum atomic E-state index is 13.7. The molecule has 15 heteroatoms. The number of hydrogen-bond donors (Lipinski definition) is 4. The zero-order chi connectivity index (χ0) is 42.7. The van der Waals surface area contributed by atoms with E-state index in [1.54, 1.807) is 41.3 Å². The molecule has 60 heavy (non-hydrogen) atoms. The van der Waals surface area contributed by atoms with Gasteiger partial charge < -0.3 is 25.8 Å². The highest BCUT2D eigenvalue weighted by atomic mass is 16.2. The molecular formula is C45H46N8O7. The molecule has 1 aliphatic carbocycles. The van der Waals surface area contributed by atoms with Crippen molar-refractivity contribution < 1.29 is 33.6 Å². The molecule has 0 saturated heterocycles. The zero-order valence-electron chi connectivity index (χ0n) is 33.9. The van der Waals surface area contributed by atoms with E-state index >= 15 is 0 Å². The summed E-state index contributed by atoms with van der Waals surface area (Å²) in [4.78, 5) is 95.3. The molecule has 0 radical (unpaired) electrons. The number of imide groups is 1. The molecular weight excluding hydrogens is 765 g/mol. The molecule has 4 aromatic rings. The van der Waals surface area contributed by atoms with Gasteiger partial charge in [0.05, 0.1) is 47.4 Å². The lowest BCUT2D eigenvalue weighted by atomic mass is 9.92. The van der Waals surface area contributed by atoms with Gasteiger partial charge in [-0.05, 0) is 82.7 Å². The van der Waals surface area contributed by atoms with Crippen LogP contribution in [0.25, 0.3) is 0 Å². The number of carbonyl (C=O) groups excluding carboxylic acids is 7. The van der Waals surface area contributed by atoms with Crippen LogP contribution in [0.3, 0.4) is 0 Å². The SMILES string of the molecule is CN(C)C[C@@H](NC(=O)N1Cc2c(NC(=O)c3ccc(C(=O)NCCCC#Cc4cccc5c4C(=O)N(C4CCC(=O)CC4=O)C5=O)cc3)n[nH]c2C1(C)C)c1ccccc1. The quantitative estimate of drug-likeness (QED) is 0.0727. The van der Waals surface area contributed by atoms with Crippen molar-refractivity contribution in [1.29, 1.82) is 0 Å². The predicted molar refractivity (Wildman–Crippen MR) is 221 cm³/mol. The lowest BCUT2D eigenvalue weighted by molar-refractivity contribution is -0.132. The van der Waals surface area contributed by atoms with E-state index in [1.807, 2.05) is 63.2 Å². The Balaban J connectivity index is 0.900. The number of rotatable bonds is 11. The van der Waals surface area contributed by atoms with Crippen molar-refractivity contribution in [2.24, 2.45) is 0 Å². The number of hydrogen-bond acceptors (Lipinski definition) is 9. The first-order chi connectivity index (χ1) is 28.7. The Morgan fingerprint density at radius 2 is 1.65 bits per heavy atom. The van der Waals surface area contributed by atoms with Crippen molar-refractivity contribution in [3.8, 4) is 11.8 Å². The fraction of sp³-hybridized carbons (Fsp3) is 0.333. The summed E-state index contributed by atoms with van der Waals surface area (Å²) >= 11 is 0. The minimum atomic E-state index is -0.953. The Kier molecular flexibility index (Phi) is 11.8. The van der Waals surface area contributed by atoms with Gasteiger partial charge in [0.25, 0.3) is 23.6 Å². The largest absolute Gasteiger partial charge is 0.352 e. The standard InChI is InChI=1S/C45H46N8O7/c1-45(2)38-33(25-52(45)44(60)47-34(26-51(3)4)27-12-7-5-8-13-27)39(50-49-38)48-41(57)30-19-17-29(18-20-30)40(56)46-23-10-6-9-14-28-15-11-16-32-37(28)43(59)53(42(32)58)35-22-21-31(54)24-36(35)55/h5,7-8,11-13,15-20,34-35H,6,10,21-26H2,1-4H3,(H,46,56)(H,47,60)(H2,48,49,50,57)/t34-,35?/m1/s1. The lowest BCUT2D eigenvalue weighted by Gasteiger charge is -2.34. The third kappa shape index (κ3) is 8.32. The highest BCUT2D eigenvalue weighted by Crippen LogP contribution is 2.41. The maximum Gasteiger partial charge on any atom is 0.319 e. The Bertz CT molecular complexity index is 2450. The van der Waals surface area contributed by atoms with Gasteiger partial charge in [0.15, 0.2) is 11.6 Å². The summed E-state index contributed by atoms with van der Waals surface area (Å²) in [6.07, 6.45) is 0.874. The van der Waals surface area contributed by atoms with E-state index in [0.29, 0.717) is 54.0 Å². The van der Waals surface area contributed by atoms with Crippen LogP contribution in [0.5, 0.6) is 0 Å². The van der Waals surface area contributed by atoms with E-state index in [-0.39, 0.29) is 60.7 Å². The van der Waals surface area contributed by atoms with E-state index < -0.39 is 35.1 Å². The van der Waals surface area contributed by atoms with Gasteiger partial charge in [-0.25, -0.2) is 4.79 Å². The second kappa shape index (κ2) is 17.1. The molecule has 3 aliphatic rings. The maximum absolute atomic E-state index is 13.7. The fourth-order valence-electron chi connectivity index (χ4n) is 7.87. The van der Waals surface area contributed by atoms with Gasteiger partial charge in [-0.15, -0.1) is 0 Å². The summed E-state index contributed by atoms with van der Waals surface area (Å²) in [6, 6.07) is 19.4. The number of amides is 6. The first-order valence-electron chi connectivity index (χ1n) is 19.8. The molecule has 1 fully saturated rings. The van der Waals surface area contributed by atoms with Crippen molar-refractivity contribution in [2.75, 3.05) is 32.5 Å². The summed E-state index contributed by atoms with van der Waals surface area (Å²) in [5, 5.41) is 16.3. The van der Waals surface area contributed by atoms with E-state index in [4.69, 9.17) is 0 Å². The molecule has 308 valence electrons. The summed E-state index contributed by atoms with van der Waals surface area (Å²) in [6.45, 7) is 5.01. The molecule has 0 bridgehead atoms. The second-order valence-corrected chi connectivity index (χ2v) is 15.9. The Morgan fingerprint density at radius 1 is 0.933 bits per heavy atom. The number of unbranched alkanes of at least 4 members (excludes halogenated alkanes) is 1. The van der Waals surface area contributed by atoms with Gasteiger partial charge in [-0.2, -0.15) is 5.10 Å². The number of carbonyl (C=O) groups is 7. The van der Waals surface area contributed by atoms with Crippen LogP contribution in [-0.2, 0) is 21.7 Å². The minimum Gasteiger partial charge on any atom is -0.352 e. The van der Waals surface area contributed by atoms with Gasteiger partial charge in [-0.1, -0.05) is 48.2 Å². The number of likely N-dealkylation sites (N-methyl/N-ethyl adjacent to an activating group) is 1. The third-order valence-electron chi connectivity index (χ3n) is 11.1. The first kappa shape index (κ1) is 41.2. The molecule has 1 unspecified atom stereocenters. The average molecular weight is 811 g/mol. The molecule has 2 atom stereocenters. The van der Waals surface area contributed by atoms with Crippen molar-refractivity contribution in [2.45, 2.75) is 70.1 Å². The van der Waals surface area contributed by atoms with Gasteiger partial charge in [0, 0.05) is 48.2 Å². The van der Waals surface area contributed by atoms with Crippen LogP contribution in [-0.4, -0.2) is 99.4 Å². The van der Waals surface area contributed by atoms with E-state index in [1.165, 1.54) is 6.07 Å².